The summed E-state index contributed by atoms with van der Waals surface area (Å²) in [6.07, 6.45) is 3.85. The molecular weight excluding hydrogens is 268 g/mol. The molecule has 0 heterocycles. The third-order valence-corrected chi connectivity index (χ3v) is 4.19. The van der Waals surface area contributed by atoms with Crippen molar-refractivity contribution in [2.24, 2.45) is 11.7 Å². The zero-order chi connectivity index (χ0) is 15.5. The number of benzene rings is 1. The van der Waals surface area contributed by atoms with Gasteiger partial charge in [-0.2, -0.15) is 0 Å². The van der Waals surface area contributed by atoms with Crippen LogP contribution in [0.3, 0.4) is 0 Å². The van der Waals surface area contributed by atoms with Crippen LogP contribution in [0.15, 0.2) is 18.2 Å². The van der Waals surface area contributed by atoms with E-state index in [9.17, 15) is 4.79 Å². The number of amides is 1. The van der Waals surface area contributed by atoms with Gasteiger partial charge >= 0.3 is 0 Å². The zero-order valence-electron chi connectivity index (χ0n) is 12.9. The minimum Gasteiger partial charge on any atom is -0.497 e. The molecule has 0 radical (unpaired) electrons. The van der Waals surface area contributed by atoms with Crippen LogP contribution in [0.2, 0.25) is 0 Å². The molecule has 116 valence electrons. The Kier molecular flexibility index (Phi) is 4.73. The summed E-state index contributed by atoms with van der Waals surface area (Å²) in [5, 5.41) is 2.94. The summed E-state index contributed by atoms with van der Waals surface area (Å²) in [6, 6.07) is 5.32. The van der Waals surface area contributed by atoms with Gasteiger partial charge < -0.3 is 20.5 Å². The normalized spacial score (nSPS) is 25.2. The average molecular weight is 292 g/mol. The molecule has 1 amide bonds. The van der Waals surface area contributed by atoms with Crippen molar-refractivity contribution in [3.8, 4) is 11.5 Å². The third-order valence-electron chi connectivity index (χ3n) is 4.19. The molecule has 2 unspecified atom stereocenters. The average Bonchev–Trinajstić information content (AvgIpc) is 2.46. The van der Waals surface area contributed by atoms with E-state index in [1.807, 2.05) is 6.92 Å². The van der Waals surface area contributed by atoms with Crippen molar-refractivity contribution >= 4 is 11.6 Å². The summed E-state index contributed by atoms with van der Waals surface area (Å²) in [4.78, 5) is 12.5. The number of carbonyl (C=O) groups is 1. The van der Waals surface area contributed by atoms with Crippen LogP contribution in [0.25, 0.3) is 0 Å². The Hall–Kier alpha value is -1.75. The number of nitrogens with two attached hydrogens (primary N) is 1. The van der Waals surface area contributed by atoms with Gasteiger partial charge in [-0.1, -0.05) is 12.8 Å². The van der Waals surface area contributed by atoms with E-state index in [0.717, 1.165) is 25.7 Å². The van der Waals surface area contributed by atoms with Gasteiger partial charge in [-0.3, -0.25) is 4.79 Å². The lowest BCUT2D eigenvalue weighted by Gasteiger charge is -2.37. The lowest BCUT2D eigenvalue weighted by atomic mass is 9.74. The predicted molar refractivity (Wildman–Crippen MR) is 82.7 cm³/mol. The van der Waals surface area contributed by atoms with Gasteiger partial charge in [0, 0.05) is 29.4 Å². The van der Waals surface area contributed by atoms with Crippen molar-refractivity contribution in [2.45, 2.75) is 38.1 Å². The number of carbonyl (C=O) groups excluding carboxylic acids is 1. The van der Waals surface area contributed by atoms with E-state index in [-0.39, 0.29) is 11.8 Å². The van der Waals surface area contributed by atoms with Gasteiger partial charge in [-0.15, -0.1) is 0 Å². The minimum absolute atomic E-state index is 0.0324. The Balaban J connectivity index is 2.15. The van der Waals surface area contributed by atoms with Crippen LogP contribution in [0.4, 0.5) is 5.69 Å². The Morgan fingerprint density at radius 2 is 1.86 bits per heavy atom. The molecule has 5 heteroatoms. The van der Waals surface area contributed by atoms with Gasteiger partial charge in [-0.05, 0) is 19.8 Å². The van der Waals surface area contributed by atoms with Gasteiger partial charge in [0.2, 0.25) is 5.91 Å². The van der Waals surface area contributed by atoms with Gasteiger partial charge in [0.1, 0.15) is 11.5 Å². The Morgan fingerprint density at radius 3 is 2.38 bits per heavy atom. The molecule has 0 spiro atoms. The number of hydrogen-bond donors (Lipinski definition) is 2. The van der Waals surface area contributed by atoms with Crippen molar-refractivity contribution < 1.29 is 14.3 Å². The molecule has 1 fully saturated rings. The van der Waals surface area contributed by atoms with Crippen LogP contribution in [0.1, 0.15) is 32.6 Å². The van der Waals surface area contributed by atoms with E-state index >= 15 is 0 Å². The number of anilines is 1. The van der Waals surface area contributed by atoms with Crippen LogP contribution < -0.4 is 20.5 Å². The van der Waals surface area contributed by atoms with E-state index in [1.54, 1.807) is 32.4 Å². The molecule has 1 saturated carbocycles. The van der Waals surface area contributed by atoms with E-state index < -0.39 is 5.54 Å². The van der Waals surface area contributed by atoms with E-state index in [1.165, 1.54) is 0 Å². The standard InChI is InChI=1S/C16H24N2O3/c1-16(17)7-5-4-6-14(16)15(19)18-11-8-12(20-2)10-13(9-11)21-3/h8-10,14H,4-7,17H2,1-3H3,(H,18,19). The first-order valence-electron chi connectivity index (χ1n) is 7.29. The van der Waals surface area contributed by atoms with Crippen LogP contribution in [0.5, 0.6) is 11.5 Å². The maximum atomic E-state index is 12.5. The molecule has 1 aromatic rings. The highest BCUT2D eigenvalue weighted by molar-refractivity contribution is 5.93. The molecule has 5 nitrogen and oxygen atoms in total. The van der Waals surface area contributed by atoms with Crippen LogP contribution in [-0.4, -0.2) is 25.7 Å². The third kappa shape index (κ3) is 3.67. The summed E-state index contributed by atoms with van der Waals surface area (Å²) >= 11 is 0. The summed E-state index contributed by atoms with van der Waals surface area (Å²) in [5.41, 5.74) is 6.50. The molecule has 3 N–H and O–H groups in total. The van der Waals surface area contributed by atoms with E-state index in [4.69, 9.17) is 15.2 Å². The maximum Gasteiger partial charge on any atom is 0.229 e. The number of methoxy groups -OCH3 is 2. The largest absolute Gasteiger partial charge is 0.497 e. The lowest BCUT2D eigenvalue weighted by Crippen LogP contribution is -2.51. The Labute approximate surface area is 125 Å². The molecule has 2 rings (SSSR count). The highest BCUT2D eigenvalue weighted by Gasteiger charge is 2.37. The number of rotatable bonds is 4. The lowest BCUT2D eigenvalue weighted by molar-refractivity contribution is -0.122. The first-order chi connectivity index (χ1) is 9.96. The number of ether oxygens (including phenoxy) is 2. The second-order valence-corrected chi connectivity index (χ2v) is 5.89. The Bertz CT molecular complexity index is 492. The summed E-state index contributed by atoms with van der Waals surface area (Å²) in [5.74, 6) is 1.09. The zero-order valence-corrected chi connectivity index (χ0v) is 12.9. The van der Waals surface area contributed by atoms with Crippen molar-refractivity contribution in [3.05, 3.63) is 18.2 Å². The van der Waals surface area contributed by atoms with Crippen molar-refractivity contribution in [2.75, 3.05) is 19.5 Å². The minimum atomic E-state index is -0.439. The van der Waals surface area contributed by atoms with Gasteiger partial charge in [0.15, 0.2) is 0 Å². The molecule has 0 aromatic heterocycles. The van der Waals surface area contributed by atoms with E-state index in [0.29, 0.717) is 17.2 Å². The molecule has 1 aliphatic carbocycles. The smallest absolute Gasteiger partial charge is 0.229 e. The second-order valence-electron chi connectivity index (χ2n) is 5.89. The maximum absolute atomic E-state index is 12.5. The summed E-state index contributed by atoms with van der Waals surface area (Å²) < 4.78 is 10.4. The quantitative estimate of drug-likeness (QED) is 0.894. The van der Waals surface area contributed by atoms with Gasteiger partial charge in [0.25, 0.3) is 0 Å². The molecule has 0 saturated heterocycles. The summed E-state index contributed by atoms with van der Waals surface area (Å²) in [6.45, 7) is 1.96. The summed E-state index contributed by atoms with van der Waals surface area (Å²) in [7, 11) is 3.16. The monoisotopic (exact) mass is 292 g/mol. The first-order valence-corrected chi connectivity index (χ1v) is 7.29. The molecule has 1 aliphatic rings. The highest BCUT2D eigenvalue weighted by Crippen LogP contribution is 2.33. The number of hydrogen-bond acceptors (Lipinski definition) is 4. The van der Waals surface area contributed by atoms with E-state index in [2.05, 4.69) is 5.32 Å². The van der Waals surface area contributed by atoms with Crippen molar-refractivity contribution in [1.29, 1.82) is 0 Å². The molecule has 0 bridgehead atoms. The fourth-order valence-electron chi connectivity index (χ4n) is 2.90. The topological polar surface area (TPSA) is 73.6 Å². The SMILES string of the molecule is COc1cc(NC(=O)C2CCCCC2(C)N)cc(OC)c1. The molecule has 21 heavy (non-hydrogen) atoms. The van der Waals surface area contributed by atoms with Gasteiger partial charge in [0.05, 0.1) is 20.1 Å². The molecule has 1 aromatic carbocycles. The Morgan fingerprint density at radius 1 is 1.24 bits per heavy atom. The predicted octanol–water partition coefficient (Wildman–Crippen LogP) is 2.55. The second kappa shape index (κ2) is 6.35. The highest BCUT2D eigenvalue weighted by atomic mass is 16.5. The number of nitrogens with one attached hydrogen (secondary N) is 1. The molecule has 0 aliphatic heterocycles. The van der Waals surface area contributed by atoms with Crippen LogP contribution in [-0.2, 0) is 4.79 Å². The molecular formula is C16H24N2O3. The fraction of sp³-hybridized carbons (Fsp3) is 0.562. The van der Waals surface area contributed by atoms with Crippen molar-refractivity contribution in [1.82, 2.24) is 0 Å². The van der Waals surface area contributed by atoms with Crippen molar-refractivity contribution in [3.63, 3.8) is 0 Å². The van der Waals surface area contributed by atoms with Crippen LogP contribution in [0, 0.1) is 5.92 Å². The first kappa shape index (κ1) is 15.6. The molecule has 2 atom stereocenters. The van der Waals surface area contributed by atoms with Gasteiger partial charge in [-0.25, -0.2) is 0 Å². The fourth-order valence-corrected chi connectivity index (χ4v) is 2.90. The van der Waals surface area contributed by atoms with Crippen LogP contribution >= 0.6 is 0 Å².